The van der Waals surface area contributed by atoms with Gasteiger partial charge in [-0.1, -0.05) is 42.8 Å². The van der Waals surface area contributed by atoms with Gasteiger partial charge in [0.1, 0.15) is 0 Å². The third-order valence-corrected chi connectivity index (χ3v) is 4.74. The lowest BCUT2D eigenvalue weighted by molar-refractivity contribution is 0.0951. The number of carbonyl (C=O) groups excluding carboxylic acids is 1. The average molecular weight is 236 g/mol. The Morgan fingerprint density at radius 1 is 0.944 bits per heavy atom. The lowest BCUT2D eigenvalue weighted by Crippen LogP contribution is -2.06. The van der Waals surface area contributed by atoms with Crippen molar-refractivity contribution in [3.8, 4) is 0 Å². The van der Waals surface area contributed by atoms with Crippen molar-refractivity contribution in [2.24, 2.45) is 17.8 Å². The Morgan fingerprint density at radius 2 is 1.67 bits per heavy atom. The molecule has 90 valence electrons. The molecule has 2 aromatic carbocycles. The molecule has 1 nitrogen and oxygen atoms in total. The van der Waals surface area contributed by atoms with Gasteiger partial charge in [-0.3, -0.25) is 4.79 Å². The number of ketones is 1. The van der Waals surface area contributed by atoms with Gasteiger partial charge in [-0.2, -0.15) is 0 Å². The molecule has 0 N–H and O–H groups in total. The summed E-state index contributed by atoms with van der Waals surface area (Å²) in [4.78, 5) is 12.5. The van der Waals surface area contributed by atoms with Gasteiger partial charge < -0.3 is 0 Å². The van der Waals surface area contributed by atoms with Crippen molar-refractivity contribution in [3.63, 3.8) is 0 Å². The first kappa shape index (κ1) is 10.3. The second kappa shape index (κ2) is 3.68. The van der Waals surface area contributed by atoms with Gasteiger partial charge in [-0.05, 0) is 41.5 Å². The first-order valence-electron chi connectivity index (χ1n) is 6.87. The number of benzene rings is 2. The fraction of sp³-hybridized carbons (Fsp3) is 0.353. The molecule has 0 aliphatic heterocycles. The van der Waals surface area contributed by atoms with E-state index in [4.69, 9.17) is 0 Å². The summed E-state index contributed by atoms with van der Waals surface area (Å²) in [6, 6.07) is 14.4. The Bertz CT molecular complexity index is 618. The van der Waals surface area contributed by atoms with Crippen molar-refractivity contribution in [2.75, 3.05) is 0 Å². The number of carbonyl (C=O) groups is 1. The molecule has 1 heteroatoms. The van der Waals surface area contributed by atoms with Gasteiger partial charge in [0.15, 0.2) is 5.78 Å². The number of Topliss-reactive ketones (excluding diaryl/α,β-unsaturated/α-hetero) is 1. The molecule has 0 saturated heterocycles. The maximum atomic E-state index is 12.5. The number of hydrogen-bond acceptors (Lipinski definition) is 1. The molecule has 0 aromatic heterocycles. The van der Waals surface area contributed by atoms with Gasteiger partial charge in [-0.25, -0.2) is 0 Å². The lowest BCUT2D eigenvalue weighted by atomic mass is 9.99. The first-order chi connectivity index (χ1) is 8.84. The number of rotatable bonds is 2. The van der Waals surface area contributed by atoms with Crippen LogP contribution in [0.3, 0.4) is 0 Å². The fourth-order valence-electron chi connectivity index (χ4n) is 3.75. The second-order valence-electron chi connectivity index (χ2n) is 5.71. The minimum absolute atomic E-state index is 0.347. The molecule has 0 heterocycles. The quantitative estimate of drug-likeness (QED) is 0.718. The zero-order valence-electron chi connectivity index (χ0n) is 10.3. The van der Waals surface area contributed by atoms with E-state index in [1.165, 1.54) is 30.0 Å². The molecule has 18 heavy (non-hydrogen) atoms. The van der Waals surface area contributed by atoms with E-state index in [9.17, 15) is 4.79 Å². The summed E-state index contributed by atoms with van der Waals surface area (Å²) in [6.07, 6.45) is 3.88. The van der Waals surface area contributed by atoms with Gasteiger partial charge in [0.2, 0.25) is 0 Å². The molecule has 2 fully saturated rings. The van der Waals surface area contributed by atoms with E-state index in [1.54, 1.807) is 0 Å². The molecule has 2 atom stereocenters. The molecule has 0 bridgehead atoms. The van der Waals surface area contributed by atoms with Crippen LogP contribution in [0.2, 0.25) is 0 Å². The molecule has 2 unspecified atom stereocenters. The van der Waals surface area contributed by atoms with Crippen molar-refractivity contribution < 1.29 is 4.79 Å². The average Bonchev–Trinajstić information content (AvgIpc) is 2.90. The summed E-state index contributed by atoms with van der Waals surface area (Å²) in [5.41, 5.74) is 0.910. The summed E-state index contributed by atoms with van der Waals surface area (Å²) in [7, 11) is 0. The first-order valence-corrected chi connectivity index (χ1v) is 6.87. The highest BCUT2D eigenvalue weighted by Gasteiger charge is 2.56. The molecule has 0 spiro atoms. The maximum absolute atomic E-state index is 12.5. The number of hydrogen-bond donors (Lipinski definition) is 0. The zero-order valence-corrected chi connectivity index (χ0v) is 10.3. The summed E-state index contributed by atoms with van der Waals surface area (Å²) >= 11 is 0. The summed E-state index contributed by atoms with van der Waals surface area (Å²) < 4.78 is 0. The predicted octanol–water partition coefficient (Wildman–Crippen LogP) is 4.07. The molecule has 2 aliphatic carbocycles. The molecule has 0 amide bonds. The Hall–Kier alpha value is -1.63. The van der Waals surface area contributed by atoms with Crippen LogP contribution in [0.25, 0.3) is 10.8 Å². The van der Waals surface area contributed by atoms with Gasteiger partial charge >= 0.3 is 0 Å². The maximum Gasteiger partial charge on any atom is 0.166 e. The summed E-state index contributed by atoms with van der Waals surface area (Å²) in [5, 5.41) is 2.39. The van der Waals surface area contributed by atoms with Gasteiger partial charge in [0.25, 0.3) is 0 Å². The van der Waals surface area contributed by atoms with E-state index < -0.39 is 0 Å². The van der Waals surface area contributed by atoms with Crippen LogP contribution in [0.1, 0.15) is 29.6 Å². The van der Waals surface area contributed by atoms with Crippen molar-refractivity contribution >= 4 is 16.6 Å². The molecule has 2 aliphatic rings. The van der Waals surface area contributed by atoms with Crippen LogP contribution in [-0.4, -0.2) is 5.78 Å². The van der Waals surface area contributed by atoms with Crippen molar-refractivity contribution in [2.45, 2.75) is 19.3 Å². The van der Waals surface area contributed by atoms with Crippen LogP contribution < -0.4 is 0 Å². The lowest BCUT2D eigenvalue weighted by Gasteiger charge is -2.05. The topological polar surface area (TPSA) is 17.1 Å². The highest BCUT2D eigenvalue weighted by Crippen LogP contribution is 2.58. The SMILES string of the molecule is O=C(c1ccc2ccccc2c1)C1C2CCCC21. The monoisotopic (exact) mass is 236 g/mol. The van der Waals surface area contributed by atoms with Crippen LogP contribution in [0, 0.1) is 17.8 Å². The standard InChI is InChI=1S/C17H16O/c18-17(16-14-6-3-7-15(14)16)13-9-8-11-4-1-2-5-12(11)10-13/h1-2,4-5,8-10,14-16H,3,6-7H2. The smallest absolute Gasteiger partial charge is 0.166 e. The van der Waals surface area contributed by atoms with E-state index in [1.807, 2.05) is 18.2 Å². The van der Waals surface area contributed by atoms with Crippen LogP contribution in [-0.2, 0) is 0 Å². The van der Waals surface area contributed by atoms with Gasteiger partial charge in [-0.15, -0.1) is 0 Å². The summed E-state index contributed by atoms with van der Waals surface area (Å²) in [6.45, 7) is 0. The van der Waals surface area contributed by atoms with E-state index in [0.29, 0.717) is 23.5 Å². The zero-order chi connectivity index (χ0) is 12.1. The predicted molar refractivity (Wildman–Crippen MR) is 72.6 cm³/mol. The fourth-order valence-corrected chi connectivity index (χ4v) is 3.75. The number of fused-ring (bicyclic) bond motifs is 2. The molecule has 2 aromatic rings. The van der Waals surface area contributed by atoms with Crippen LogP contribution in [0.15, 0.2) is 42.5 Å². The van der Waals surface area contributed by atoms with Gasteiger partial charge in [0, 0.05) is 11.5 Å². The largest absolute Gasteiger partial charge is 0.294 e. The van der Waals surface area contributed by atoms with Gasteiger partial charge in [0.05, 0.1) is 0 Å². The molecular formula is C17H16O. The van der Waals surface area contributed by atoms with Crippen LogP contribution in [0.4, 0.5) is 0 Å². The Morgan fingerprint density at radius 3 is 2.44 bits per heavy atom. The minimum atomic E-state index is 0.347. The summed E-state index contributed by atoms with van der Waals surface area (Å²) in [5.74, 6) is 2.16. The van der Waals surface area contributed by atoms with E-state index in [2.05, 4.69) is 24.3 Å². The van der Waals surface area contributed by atoms with Crippen molar-refractivity contribution in [3.05, 3.63) is 48.0 Å². The Balaban J connectivity index is 1.68. The van der Waals surface area contributed by atoms with E-state index in [0.717, 1.165) is 5.56 Å². The molecule has 2 saturated carbocycles. The second-order valence-corrected chi connectivity index (χ2v) is 5.71. The highest BCUT2D eigenvalue weighted by molar-refractivity contribution is 6.03. The van der Waals surface area contributed by atoms with Crippen LogP contribution in [0.5, 0.6) is 0 Å². The van der Waals surface area contributed by atoms with E-state index >= 15 is 0 Å². The Kier molecular flexibility index (Phi) is 2.11. The van der Waals surface area contributed by atoms with Crippen molar-refractivity contribution in [1.29, 1.82) is 0 Å². The van der Waals surface area contributed by atoms with Crippen molar-refractivity contribution in [1.82, 2.24) is 0 Å². The third-order valence-electron chi connectivity index (χ3n) is 4.74. The molecule has 4 rings (SSSR count). The normalized spacial score (nSPS) is 29.2. The molecule has 0 radical (unpaired) electrons. The van der Waals surface area contributed by atoms with E-state index in [-0.39, 0.29) is 0 Å². The van der Waals surface area contributed by atoms with Crippen LogP contribution >= 0.6 is 0 Å². The third kappa shape index (κ3) is 1.43. The minimum Gasteiger partial charge on any atom is -0.294 e. The molecular weight excluding hydrogens is 220 g/mol. The Labute approximate surface area is 107 Å². The highest BCUT2D eigenvalue weighted by atomic mass is 16.1.